The first kappa shape index (κ1) is 30.0. The SMILES string of the molecule is CCOC(=O)N1CCC(NC(c2ccc(C#N)c(-c3cccc4ccccc34)c2)c2cncn2C)CC1.Cl.Cl. The van der Waals surface area contributed by atoms with Gasteiger partial charge in [0.05, 0.1) is 42.5 Å². The van der Waals surface area contributed by atoms with E-state index >= 15 is 0 Å². The fourth-order valence-electron chi connectivity index (χ4n) is 5.20. The Morgan fingerprint density at radius 1 is 1.10 bits per heavy atom. The Kier molecular flexibility index (Phi) is 10.4. The molecule has 9 heteroatoms. The molecule has 1 saturated heterocycles. The van der Waals surface area contributed by atoms with Crippen LogP contribution in [0.5, 0.6) is 0 Å². The van der Waals surface area contributed by atoms with Crippen molar-refractivity contribution in [2.75, 3.05) is 19.7 Å². The second kappa shape index (κ2) is 13.5. The topological polar surface area (TPSA) is 83.2 Å². The van der Waals surface area contributed by atoms with Crippen LogP contribution in [0, 0.1) is 11.3 Å². The van der Waals surface area contributed by atoms with Crippen molar-refractivity contribution in [1.82, 2.24) is 19.8 Å². The lowest BCUT2D eigenvalue weighted by atomic mass is 9.91. The first-order valence-electron chi connectivity index (χ1n) is 12.7. The maximum Gasteiger partial charge on any atom is 0.409 e. The Hall–Kier alpha value is -3.57. The Labute approximate surface area is 241 Å². The summed E-state index contributed by atoms with van der Waals surface area (Å²) in [5.74, 6) is 0. The predicted octanol–water partition coefficient (Wildman–Crippen LogP) is 6.26. The van der Waals surface area contributed by atoms with Crippen LogP contribution < -0.4 is 5.32 Å². The molecule has 4 aromatic rings. The van der Waals surface area contributed by atoms with Gasteiger partial charge in [-0.3, -0.25) is 0 Å². The van der Waals surface area contributed by atoms with Gasteiger partial charge in [0.15, 0.2) is 0 Å². The highest BCUT2D eigenvalue weighted by atomic mass is 35.5. The number of aryl methyl sites for hydroxylation is 1. The number of ether oxygens (including phenoxy) is 1. The Bertz CT molecular complexity index is 1450. The number of amides is 1. The molecule has 39 heavy (non-hydrogen) atoms. The van der Waals surface area contributed by atoms with E-state index in [9.17, 15) is 10.1 Å². The molecule has 0 saturated carbocycles. The minimum Gasteiger partial charge on any atom is -0.450 e. The third-order valence-electron chi connectivity index (χ3n) is 7.15. The van der Waals surface area contributed by atoms with Gasteiger partial charge >= 0.3 is 6.09 Å². The van der Waals surface area contributed by atoms with Crippen LogP contribution >= 0.6 is 24.8 Å². The number of nitrogens with one attached hydrogen (secondary N) is 1. The normalized spacial score (nSPS) is 14.1. The molecule has 204 valence electrons. The number of likely N-dealkylation sites (tertiary alicyclic amines) is 1. The number of benzene rings is 3. The van der Waals surface area contributed by atoms with Crippen LogP contribution in [0.4, 0.5) is 4.79 Å². The zero-order valence-corrected chi connectivity index (χ0v) is 23.7. The molecule has 1 amide bonds. The summed E-state index contributed by atoms with van der Waals surface area (Å²) >= 11 is 0. The van der Waals surface area contributed by atoms with E-state index in [1.165, 1.54) is 0 Å². The molecule has 0 aliphatic carbocycles. The van der Waals surface area contributed by atoms with Gasteiger partial charge in [0.2, 0.25) is 0 Å². The third-order valence-corrected chi connectivity index (χ3v) is 7.15. The van der Waals surface area contributed by atoms with Crippen LogP contribution in [0.3, 0.4) is 0 Å². The molecule has 5 rings (SSSR count). The lowest BCUT2D eigenvalue weighted by Gasteiger charge is -2.34. The summed E-state index contributed by atoms with van der Waals surface area (Å²) in [7, 11) is 2.00. The maximum absolute atomic E-state index is 12.2. The molecule has 1 atom stereocenters. The zero-order chi connectivity index (χ0) is 25.8. The molecule has 7 nitrogen and oxygen atoms in total. The standard InChI is InChI=1S/C30H31N5O2.2ClH/c1-3-37-30(36)35-15-13-24(14-16-35)33-29(28-19-32-20-34(28)2)22-11-12-23(18-31)27(17-22)26-10-6-8-21-7-4-5-9-25(21)26;;/h4-12,17,19-20,24,29,33H,3,13-16H2,1-2H3;2*1H. The van der Waals surface area contributed by atoms with Crippen LogP contribution in [0.15, 0.2) is 73.2 Å². The summed E-state index contributed by atoms with van der Waals surface area (Å²) < 4.78 is 7.21. The number of hydrogen-bond acceptors (Lipinski definition) is 5. The van der Waals surface area contributed by atoms with Gasteiger partial charge < -0.3 is 19.5 Å². The largest absolute Gasteiger partial charge is 0.450 e. The lowest BCUT2D eigenvalue weighted by molar-refractivity contribution is 0.0945. The number of carbonyl (C=O) groups excluding carboxylic acids is 1. The Balaban J connectivity index is 0.00000210. The van der Waals surface area contributed by atoms with Crippen molar-refractivity contribution in [3.63, 3.8) is 0 Å². The van der Waals surface area contributed by atoms with Crippen LogP contribution in [-0.2, 0) is 11.8 Å². The lowest BCUT2D eigenvalue weighted by Crippen LogP contribution is -2.46. The molecular formula is C30H33Cl2N5O2. The van der Waals surface area contributed by atoms with Gasteiger partial charge in [-0.2, -0.15) is 5.26 Å². The molecule has 1 N–H and O–H groups in total. The number of nitriles is 1. The summed E-state index contributed by atoms with van der Waals surface area (Å²) in [6, 6.07) is 23.1. The number of nitrogens with zero attached hydrogens (tertiary/aromatic N) is 4. The maximum atomic E-state index is 12.2. The summed E-state index contributed by atoms with van der Waals surface area (Å²) in [5.41, 5.74) is 4.72. The molecule has 1 unspecified atom stereocenters. The monoisotopic (exact) mass is 565 g/mol. The van der Waals surface area contributed by atoms with Crippen LogP contribution in [0.2, 0.25) is 0 Å². The zero-order valence-electron chi connectivity index (χ0n) is 22.0. The van der Waals surface area contributed by atoms with Crippen LogP contribution in [0.1, 0.15) is 42.6 Å². The van der Waals surface area contributed by atoms with Crippen molar-refractivity contribution < 1.29 is 9.53 Å². The van der Waals surface area contributed by atoms with E-state index < -0.39 is 0 Å². The van der Waals surface area contributed by atoms with Crippen molar-refractivity contribution in [2.45, 2.75) is 31.8 Å². The number of rotatable bonds is 6. The number of carbonyl (C=O) groups is 1. The third kappa shape index (κ3) is 6.36. The number of fused-ring (bicyclic) bond motifs is 1. The van der Waals surface area contributed by atoms with Gasteiger partial charge in [-0.05, 0) is 53.8 Å². The van der Waals surface area contributed by atoms with E-state index in [0.717, 1.165) is 46.0 Å². The second-order valence-electron chi connectivity index (χ2n) is 9.43. The number of hydrogen-bond donors (Lipinski definition) is 1. The minimum atomic E-state index is -0.240. The van der Waals surface area contributed by atoms with E-state index in [1.807, 2.05) is 61.4 Å². The van der Waals surface area contributed by atoms with E-state index in [-0.39, 0.29) is 43.0 Å². The number of imidazole rings is 1. The van der Waals surface area contributed by atoms with Gasteiger partial charge in [0, 0.05) is 31.7 Å². The highest BCUT2D eigenvalue weighted by Gasteiger charge is 2.28. The fourth-order valence-corrected chi connectivity index (χ4v) is 5.20. The molecule has 0 spiro atoms. The van der Waals surface area contributed by atoms with E-state index in [0.29, 0.717) is 25.3 Å². The molecular weight excluding hydrogens is 533 g/mol. The van der Waals surface area contributed by atoms with Gasteiger partial charge in [-0.25, -0.2) is 9.78 Å². The summed E-state index contributed by atoms with van der Waals surface area (Å²) in [5, 5.41) is 16.1. The van der Waals surface area contributed by atoms with Crippen molar-refractivity contribution in [1.29, 1.82) is 5.26 Å². The van der Waals surface area contributed by atoms with Gasteiger partial charge in [0.1, 0.15) is 0 Å². The van der Waals surface area contributed by atoms with Gasteiger partial charge in [-0.1, -0.05) is 48.5 Å². The van der Waals surface area contributed by atoms with Gasteiger partial charge in [-0.15, -0.1) is 24.8 Å². The smallest absolute Gasteiger partial charge is 0.409 e. The average molecular weight is 567 g/mol. The molecule has 1 aliphatic rings. The van der Waals surface area contributed by atoms with E-state index in [1.54, 1.807) is 4.90 Å². The molecule has 2 heterocycles. The summed E-state index contributed by atoms with van der Waals surface area (Å²) in [4.78, 5) is 18.3. The van der Waals surface area contributed by atoms with Gasteiger partial charge in [0.25, 0.3) is 0 Å². The van der Waals surface area contributed by atoms with Crippen LogP contribution in [-0.4, -0.2) is 46.3 Å². The van der Waals surface area contributed by atoms with Crippen molar-refractivity contribution >= 4 is 41.7 Å². The molecule has 0 radical (unpaired) electrons. The number of aromatic nitrogens is 2. The first-order chi connectivity index (χ1) is 18.1. The second-order valence-corrected chi connectivity index (χ2v) is 9.43. The van der Waals surface area contributed by atoms with Crippen molar-refractivity contribution in [3.05, 3.63) is 90.0 Å². The predicted molar refractivity (Wildman–Crippen MR) is 158 cm³/mol. The fraction of sp³-hybridized carbons (Fsp3) is 0.300. The molecule has 0 bridgehead atoms. The Morgan fingerprint density at radius 2 is 1.85 bits per heavy atom. The molecule has 3 aromatic carbocycles. The summed E-state index contributed by atoms with van der Waals surface area (Å²) in [6.07, 6.45) is 5.12. The highest BCUT2D eigenvalue weighted by molar-refractivity contribution is 5.97. The van der Waals surface area contributed by atoms with E-state index in [4.69, 9.17) is 4.74 Å². The number of piperidine rings is 1. The number of halogens is 2. The molecule has 1 aliphatic heterocycles. The average Bonchev–Trinajstić information content (AvgIpc) is 3.37. The van der Waals surface area contributed by atoms with Crippen molar-refractivity contribution in [2.24, 2.45) is 7.05 Å². The van der Waals surface area contributed by atoms with Crippen LogP contribution in [0.25, 0.3) is 21.9 Å². The molecule has 1 aromatic heterocycles. The van der Waals surface area contributed by atoms with Crippen molar-refractivity contribution in [3.8, 4) is 17.2 Å². The quantitative estimate of drug-likeness (QED) is 0.298. The minimum absolute atomic E-state index is 0. The summed E-state index contributed by atoms with van der Waals surface area (Å²) in [6.45, 7) is 3.53. The van der Waals surface area contributed by atoms with E-state index in [2.05, 4.69) is 46.7 Å². The molecule has 1 fully saturated rings. The Morgan fingerprint density at radius 3 is 2.54 bits per heavy atom. The first-order valence-corrected chi connectivity index (χ1v) is 12.7. The highest BCUT2D eigenvalue weighted by Crippen LogP contribution is 2.34.